The molecule has 0 heterocycles. The molecule has 0 aliphatic heterocycles. The summed E-state index contributed by atoms with van der Waals surface area (Å²) in [5.74, 6) is 0. The van der Waals surface area contributed by atoms with Gasteiger partial charge >= 0.3 is 8.80 Å². The topological polar surface area (TPSA) is 60.7 Å². The van der Waals surface area contributed by atoms with Gasteiger partial charge in [-0.2, -0.15) is 0 Å². The van der Waals surface area contributed by atoms with Crippen LogP contribution in [0.1, 0.15) is 32.6 Å². The Morgan fingerprint density at radius 1 is 1.00 bits per heavy atom. The second-order valence-corrected chi connectivity index (χ2v) is 4.63. The van der Waals surface area contributed by atoms with E-state index in [2.05, 4.69) is 6.92 Å². The number of unbranched alkanes of at least 4 members (excludes halogenated alkanes) is 3. The molecule has 0 atom stereocenters. The van der Waals surface area contributed by atoms with E-state index in [0.29, 0.717) is 0 Å². The number of rotatable bonds is 5. The fraction of sp³-hybridized carbons (Fsp3) is 1.00. The molecule has 10 heavy (non-hydrogen) atoms. The molecule has 3 N–H and O–H groups in total. The highest BCUT2D eigenvalue weighted by Crippen LogP contribution is 2.07. The Balaban J connectivity index is 3.04. The molecule has 0 rings (SSSR count). The average molecular weight is 164 g/mol. The van der Waals surface area contributed by atoms with E-state index in [4.69, 9.17) is 14.4 Å². The molecule has 0 aromatic carbocycles. The largest absolute Gasteiger partial charge is 0.492 e. The molecule has 62 valence electrons. The summed E-state index contributed by atoms with van der Waals surface area (Å²) in [6.07, 6.45) is 3.93. The summed E-state index contributed by atoms with van der Waals surface area (Å²) in [5.41, 5.74) is 0. The Morgan fingerprint density at radius 2 is 1.60 bits per heavy atom. The van der Waals surface area contributed by atoms with Gasteiger partial charge in [0.15, 0.2) is 0 Å². The summed E-state index contributed by atoms with van der Waals surface area (Å²) in [6.45, 7) is 2.08. The Bertz CT molecular complexity index is 79.6. The van der Waals surface area contributed by atoms with E-state index in [0.717, 1.165) is 25.7 Å². The van der Waals surface area contributed by atoms with Crippen LogP contribution in [-0.4, -0.2) is 23.2 Å². The maximum absolute atomic E-state index is 8.57. The first kappa shape index (κ1) is 10.1. The van der Waals surface area contributed by atoms with Crippen molar-refractivity contribution in [1.82, 2.24) is 0 Å². The Labute approximate surface area is 62.7 Å². The first-order valence-corrected chi connectivity index (χ1v) is 5.78. The van der Waals surface area contributed by atoms with Gasteiger partial charge < -0.3 is 14.4 Å². The lowest BCUT2D eigenvalue weighted by Gasteiger charge is -2.07. The molecule has 0 aliphatic carbocycles. The molecule has 0 amide bonds. The molecular formula is C6H16O3Si. The molecule has 0 fully saturated rings. The van der Waals surface area contributed by atoms with Crippen LogP contribution in [0.25, 0.3) is 0 Å². The fourth-order valence-corrected chi connectivity index (χ4v) is 1.51. The lowest BCUT2D eigenvalue weighted by molar-refractivity contribution is 0.226. The van der Waals surface area contributed by atoms with Crippen LogP contribution >= 0.6 is 0 Å². The first-order valence-electron chi connectivity index (χ1n) is 3.73. The molecule has 3 nitrogen and oxygen atoms in total. The second kappa shape index (κ2) is 4.84. The molecule has 4 heteroatoms. The Kier molecular flexibility index (Phi) is 4.89. The third-order valence-electron chi connectivity index (χ3n) is 1.37. The fourth-order valence-electron chi connectivity index (χ4n) is 0.789. The maximum Gasteiger partial charge on any atom is 0.492 e. The van der Waals surface area contributed by atoms with Crippen molar-refractivity contribution in [3.8, 4) is 0 Å². The van der Waals surface area contributed by atoms with Crippen molar-refractivity contribution in [2.45, 2.75) is 38.7 Å². The minimum Gasteiger partial charge on any atom is -0.390 e. The highest BCUT2D eigenvalue weighted by Gasteiger charge is 2.24. The average Bonchev–Trinajstić information content (AvgIpc) is 1.78. The monoisotopic (exact) mass is 164 g/mol. The normalized spacial score (nSPS) is 12.0. The van der Waals surface area contributed by atoms with E-state index in [1.807, 2.05) is 0 Å². The standard InChI is InChI=1S/C6H16O3Si/c1-2-3-4-5-6-10(7,8)9/h7-9H,2-6H2,1H3. The smallest absolute Gasteiger partial charge is 0.390 e. The van der Waals surface area contributed by atoms with Crippen molar-refractivity contribution in [3.05, 3.63) is 0 Å². The maximum atomic E-state index is 8.57. The van der Waals surface area contributed by atoms with Gasteiger partial charge in [0.1, 0.15) is 0 Å². The summed E-state index contributed by atoms with van der Waals surface area (Å²) in [6, 6.07) is 0.188. The van der Waals surface area contributed by atoms with Crippen LogP contribution in [-0.2, 0) is 0 Å². The van der Waals surface area contributed by atoms with Crippen molar-refractivity contribution in [2.75, 3.05) is 0 Å². The SMILES string of the molecule is CCCCCC[Si](O)(O)O. The van der Waals surface area contributed by atoms with E-state index in [1.54, 1.807) is 0 Å². The van der Waals surface area contributed by atoms with E-state index in [9.17, 15) is 0 Å². The first-order chi connectivity index (χ1) is 4.56. The predicted molar refractivity (Wildman–Crippen MR) is 41.4 cm³/mol. The summed E-state index contributed by atoms with van der Waals surface area (Å²) in [4.78, 5) is 25.7. The Hall–Kier alpha value is 0.0969. The van der Waals surface area contributed by atoms with E-state index in [1.165, 1.54) is 0 Å². The van der Waals surface area contributed by atoms with Gasteiger partial charge in [-0.1, -0.05) is 26.2 Å². The van der Waals surface area contributed by atoms with E-state index in [-0.39, 0.29) is 6.04 Å². The lowest BCUT2D eigenvalue weighted by atomic mass is 10.2. The molecule has 0 aromatic heterocycles. The molecule has 0 aromatic rings. The zero-order valence-electron chi connectivity index (χ0n) is 6.38. The van der Waals surface area contributed by atoms with Crippen LogP contribution < -0.4 is 0 Å². The minimum atomic E-state index is -3.71. The molecule has 0 radical (unpaired) electrons. The van der Waals surface area contributed by atoms with Crippen LogP contribution in [0.4, 0.5) is 0 Å². The summed E-state index contributed by atoms with van der Waals surface area (Å²) >= 11 is 0. The highest BCUT2D eigenvalue weighted by atomic mass is 28.4. The zero-order chi connectivity index (χ0) is 8.04. The van der Waals surface area contributed by atoms with Gasteiger partial charge in [0.05, 0.1) is 0 Å². The van der Waals surface area contributed by atoms with Crippen LogP contribution in [0, 0.1) is 0 Å². The molecular weight excluding hydrogens is 148 g/mol. The van der Waals surface area contributed by atoms with Gasteiger partial charge in [0.25, 0.3) is 0 Å². The van der Waals surface area contributed by atoms with Gasteiger partial charge in [0, 0.05) is 6.04 Å². The summed E-state index contributed by atoms with van der Waals surface area (Å²) in [7, 11) is -3.71. The third-order valence-corrected chi connectivity index (χ3v) is 2.39. The van der Waals surface area contributed by atoms with E-state index < -0.39 is 8.80 Å². The molecule has 0 spiro atoms. The van der Waals surface area contributed by atoms with Crippen LogP contribution in [0.3, 0.4) is 0 Å². The second-order valence-electron chi connectivity index (χ2n) is 2.59. The molecule has 0 aliphatic rings. The summed E-state index contributed by atoms with van der Waals surface area (Å²) < 4.78 is 0. The van der Waals surface area contributed by atoms with Gasteiger partial charge in [-0.3, -0.25) is 0 Å². The van der Waals surface area contributed by atoms with Crippen LogP contribution in [0.5, 0.6) is 0 Å². The third kappa shape index (κ3) is 8.10. The van der Waals surface area contributed by atoms with Crippen molar-refractivity contribution in [3.63, 3.8) is 0 Å². The summed E-state index contributed by atoms with van der Waals surface area (Å²) in [5, 5.41) is 0. The molecule has 0 saturated heterocycles. The van der Waals surface area contributed by atoms with Gasteiger partial charge in [-0.15, -0.1) is 0 Å². The number of hydrogen-bond acceptors (Lipinski definition) is 3. The van der Waals surface area contributed by atoms with Crippen molar-refractivity contribution >= 4 is 8.80 Å². The zero-order valence-corrected chi connectivity index (χ0v) is 7.38. The van der Waals surface area contributed by atoms with Crippen molar-refractivity contribution < 1.29 is 14.4 Å². The van der Waals surface area contributed by atoms with Crippen molar-refractivity contribution in [2.24, 2.45) is 0 Å². The van der Waals surface area contributed by atoms with E-state index >= 15 is 0 Å². The van der Waals surface area contributed by atoms with Gasteiger partial charge in [-0.25, -0.2) is 0 Å². The van der Waals surface area contributed by atoms with Crippen LogP contribution in [0.15, 0.2) is 0 Å². The van der Waals surface area contributed by atoms with Crippen LogP contribution in [0.2, 0.25) is 6.04 Å². The lowest BCUT2D eigenvalue weighted by Crippen LogP contribution is -2.33. The number of hydrogen-bond donors (Lipinski definition) is 3. The predicted octanol–water partition coefficient (Wildman–Crippen LogP) is 0.482. The molecule has 0 unspecified atom stereocenters. The van der Waals surface area contributed by atoms with Gasteiger partial charge in [0.2, 0.25) is 0 Å². The quantitative estimate of drug-likeness (QED) is 0.409. The minimum absolute atomic E-state index is 0.188. The molecule has 0 saturated carbocycles. The van der Waals surface area contributed by atoms with Gasteiger partial charge in [-0.05, 0) is 6.42 Å². The van der Waals surface area contributed by atoms with Crippen molar-refractivity contribution in [1.29, 1.82) is 0 Å². The highest BCUT2D eigenvalue weighted by molar-refractivity contribution is 6.56. The Morgan fingerprint density at radius 3 is 2.00 bits per heavy atom. The molecule has 0 bridgehead atoms.